The van der Waals surface area contributed by atoms with Gasteiger partial charge in [-0.15, -0.1) is 11.3 Å². The highest BCUT2D eigenvalue weighted by Crippen LogP contribution is 2.36. The van der Waals surface area contributed by atoms with Gasteiger partial charge in [-0.2, -0.15) is 0 Å². The lowest BCUT2D eigenvalue weighted by atomic mass is 10.1. The molecular weight excluding hydrogens is 432 g/mol. The van der Waals surface area contributed by atoms with E-state index >= 15 is 0 Å². The number of thiophene rings is 1. The molecule has 0 aliphatic carbocycles. The molecule has 3 N–H and O–H groups in total. The molecule has 4 aromatic rings. The number of aromatic nitrogens is 1. The number of fused-ring (bicyclic) bond motifs is 2. The van der Waals surface area contributed by atoms with Gasteiger partial charge in [-0.05, 0) is 47.5 Å². The highest BCUT2D eigenvalue weighted by molar-refractivity contribution is 7.10. The lowest BCUT2D eigenvalue weighted by Crippen LogP contribution is -2.44. The largest absolute Gasteiger partial charge is 0.361 e. The molecule has 2 aromatic carbocycles. The number of H-pyrrole nitrogens is 1. The molecule has 33 heavy (non-hydrogen) atoms. The quantitative estimate of drug-likeness (QED) is 0.369. The van der Waals surface area contributed by atoms with Gasteiger partial charge in [-0.3, -0.25) is 9.59 Å². The van der Waals surface area contributed by atoms with Crippen molar-refractivity contribution in [2.24, 2.45) is 0 Å². The number of carbonyl (C=O) groups is 2. The molecule has 1 aliphatic heterocycles. The van der Waals surface area contributed by atoms with Gasteiger partial charge in [0.05, 0.1) is 6.04 Å². The van der Waals surface area contributed by atoms with Crippen LogP contribution in [0.15, 0.2) is 72.2 Å². The number of hydrogen-bond donors (Lipinski definition) is 3. The number of benzene rings is 2. The maximum Gasteiger partial charge on any atom is 0.309 e. The molecule has 0 saturated heterocycles. The number of nitrogens with one attached hydrogen (secondary N) is 3. The molecule has 168 valence electrons. The van der Waals surface area contributed by atoms with Gasteiger partial charge in [0, 0.05) is 47.3 Å². The van der Waals surface area contributed by atoms with Crippen LogP contribution in [0.1, 0.15) is 22.0 Å². The molecule has 0 saturated carbocycles. The third kappa shape index (κ3) is 4.50. The van der Waals surface area contributed by atoms with Crippen molar-refractivity contribution in [1.82, 2.24) is 15.6 Å². The fourth-order valence-electron chi connectivity index (χ4n) is 4.53. The fraction of sp³-hybridized carbons (Fsp3) is 0.231. The van der Waals surface area contributed by atoms with Crippen LogP contribution in [0.5, 0.6) is 0 Å². The summed E-state index contributed by atoms with van der Waals surface area (Å²) in [5.41, 5.74) is 4.71. The van der Waals surface area contributed by atoms with Crippen molar-refractivity contribution in [3.8, 4) is 0 Å². The first kappa shape index (κ1) is 21.3. The number of hydrogen-bond acceptors (Lipinski definition) is 4. The van der Waals surface area contributed by atoms with Crippen molar-refractivity contribution < 1.29 is 9.59 Å². The van der Waals surface area contributed by atoms with E-state index in [0.717, 1.165) is 29.4 Å². The predicted octanol–water partition coefficient (Wildman–Crippen LogP) is 3.81. The highest BCUT2D eigenvalue weighted by atomic mass is 32.1. The summed E-state index contributed by atoms with van der Waals surface area (Å²) in [5, 5.41) is 8.80. The molecule has 1 atom stereocenters. The maximum absolute atomic E-state index is 12.5. The monoisotopic (exact) mass is 458 g/mol. The Balaban J connectivity index is 1.18. The van der Waals surface area contributed by atoms with E-state index in [0.29, 0.717) is 19.5 Å². The number of nitrogens with zero attached hydrogens (tertiary/aromatic N) is 1. The fourth-order valence-corrected chi connectivity index (χ4v) is 5.37. The van der Waals surface area contributed by atoms with Crippen molar-refractivity contribution in [2.75, 3.05) is 24.5 Å². The van der Waals surface area contributed by atoms with Gasteiger partial charge >= 0.3 is 11.8 Å². The maximum atomic E-state index is 12.5. The van der Waals surface area contributed by atoms with Crippen molar-refractivity contribution in [2.45, 2.75) is 18.9 Å². The molecule has 3 heterocycles. The lowest BCUT2D eigenvalue weighted by Gasteiger charge is -2.30. The average Bonchev–Trinajstić information content (AvgIpc) is 3.60. The third-order valence-electron chi connectivity index (χ3n) is 6.19. The number of aromatic amines is 1. The smallest absolute Gasteiger partial charge is 0.309 e. The van der Waals surface area contributed by atoms with E-state index < -0.39 is 11.8 Å². The molecular formula is C26H26N4O2S. The average molecular weight is 459 g/mol. The van der Waals surface area contributed by atoms with Crippen molar-refractivity contribution in [3.05, 3.63) is 88.2 Å². The molecule has 1 aliphatic rings. The summed E-state index contributed by atoms with van der Waals surface area (Å²) in [6, 6.07) is 20.5. The van der Waals surface area contributed by atoms with Crippen LogP contribution in [0.25, 0.3) is 10.9 Å². The summed E-state index contributed by atoms with van der Waals surface area (Å²) in [4.78, 5) is 31.7. The minimum absolute atomic E-state index is 0.00313. The Hall–Kier alpha value is -3.58. The van der Waals surface area contributed by atoms with Gasteiger partial charge in [0.2, 0.25) is 0 Å². The van der Waals surface area contributed by atoms with Crippen LogP contribution in [0.4, 0.5) is 5.69 Å². The summed E-state index contributed by atoms with van der Waals surface area (Å²) >= 11 is 1.67. The normalized spacial score (nSPS) is 13.6. The van der Waals surface area contributed by atoms with E-state index in [-0.39, 0.29) is 6.04 Å². The van der Waals surface area contributed by atoms with E-state index in [2.05, 4.69) is 50.8 Å². The molecule has 7 heteroatoms. The van der Waals surface area contributed by atoms with Crippen LogP contribution < -0.4 is 15.5 Å². The van der Waals surface area contributed by atoms with Gasteiger partial charge in [0.25, 0.3) is 0 Å². The van der Waals surface area contributed by atoms with E-state index in [4.69, 9.17) is 0 Å². The second-order valence-corrected chi connectivity index (χ2v) is 9.16. The zero-order valence-corrected chi connectivity index (χ0v) is 19.0. The van der Waals surface area contributed by atoms with Gasteiger partial charge in [-0.1, -0.05) is 42.5 Å². The number of rotatable bonds is 7. The SMILES string of the molecule is O=C(NCCc1c[nH]c2ccccc12)C(=O)NC[C@@H](c1cccs1)N1CCc2ccccc21. The van der Waals surface area contributed by atoms with Crippen LogP contribution in [-0.2, 0) is 22.4 Å². The molecule has 0 radical (unpaired) electrons. The second-order valence-electron chi connectivity index (χ2n) is 8.18. The van der Waals surface area contributed by atoms with E-state index in [1.807, 2.05) is 41.9 Å². The summed E-state index contributed by atoms with van der Waals surface area (Å²) in [6.07, 6.45) is 3.60. The predicted molar refractivity (Wildman–Crippen MR) is 133 cm³/mol. The molecule has 0 spiro atoms. The van der Waals surface area contributed by atoms with Crippen LogP contribution in [0.2, 0.25) is 0 Å². The highest BCUT2D eigenvalue weighted by Gasteiger charge is 2.28. The molecule has 0 bridgehead atoms. The summed E-state index contributed by atoms with van der Waals surface area (Å²) in [5.74, 6) is -1.19. The second kappa shape index (κ2) is 9.50. The first-order valence-electron chi connectivity index (χ1n) is 11.2. The Kier molecular flexibility index (Phi) is 6.13. The minimum Gasteiger partial charge on any atom is -0.361 e. The van der Waals surface area contributed by atoms with Crippen molar-refractivity contribution in [1.29, 1.82) is 0 Å². The van der Waals surface area contributed by atoms with Crippen LogP contribution in [-0.4, -0.2) is 36.4 Å². The number of carbonyl (C=O) groups excluding carboxylic acids is 2. The van der Waals surface area contributed by atoms with Crippen molar-refractivity contribution in [3.63, 3.8) is 0 Å². The third-order valence-corrected chi connectivity index (χ3v) is 7.16. The zero-order chi connectivity index (χ0) is 22.6. The Morgan fingerprint density at radius 1 is 1.00 bits per heavy atom. The number of anilines is 1. The first-order chi connectivity index (χ1) is 16.2. The number of para-hydroxylation sites is 2. The number of amides is 2. The van der Waals surface area contributed by atoms with E-state index in [1.165, 1.54) is 16.1 Å². The molecule has 0 fully saturated rings. The topological polar surface area (TPSA) is 77.2 Å². The summed E-state index contributed by atoms with van der Waals surface area (Å²) in [6.45, 7) is 1.68. The van der Waals surface area contributed by atoms with Gasteiger partial charge < -0.3 is 20.5 Å². The Morgan fingerprint density at radius 3 is 2.70 bits per heavy atom. The minimum atomic E-state index is -0.596. The van der Waals surface area contributed by atoms with Crippen LogP contribution in [0.3, 0.4) is 0 Å². The molecule has 2 aromatic heterocycles. The molecule has 6 nitrogen and oxygen atoms in total. The molecule has 2 amide bonds. The van der Waals surface area contributed by atoms with Crippen LogP contribution >= 0.6 is 11.3 Å². The van der Waals surface area contributed by atoms with Gasteiger partial charge in [0.1, 0.15) is 0 Å². The van der Waals surface area contributed by atoms with E-state index in [1.54, 1.807) is 11.3 Å². The summed E-state index contributed by atoms with van der Waals surface area (Å²) < 4.78 is 0. The lowest BCUT2D eigenvalue weighted by molar-refractivity contribution is -0.139. The molecule has 0 unspecified atom stereocenters. The Morgan fingerprint density at radius 2 is 1.82 bits per heavy atom. The van der Waals surface area contributed by atoms with E-state index in [9.17, 15) is 9.59 Å². The standard InChI is InChI=1S/C26H26N4O2S/c31-25(27-13-11-19-16-28-21-8-3-2-7-20(19)21)26(32)29-17-23(24-10-5-15-33-24)30-14-12-18-6-1-4-9-22(18)30/h1-10,15-16,23,28H,11-14,17H2,(H,27,31)(H,29,32)/t23-/m0/s1. The Bertz CT molecular complexity index is 1260. The van der Waals surface area contributed by atoms with Crippen LogP contribution in [0, 0.1) is 0 Å². The molecule has 5 rings (SSSR count). The first-order valence-corrected chi connectivity index (χ1v) is 12.1. The summed E-state index contributed by atoms with van der Waals surface area (Å²) in [7, 11) is 0. The Labute approximate surface area is 196 Å². The van der Waals surface area contributed by atoms with Crippen molar-refractivity contribution >= 4 is 39.7 Å². The van der Waals surface area contributed by atoms with Gasteiger partial charge in [0.15, 0.2) is 0 Å². The zero-order valence-electron chi connectivity index (χ0n) is 18.2. The van der Waals surface area contributed by atoms with Gasteiger partial charge in [-0.25, -0.2) is 0 Å².